The fourth-order valence-electron chi connectivity index (χ4n) is 2.49. The third-order valence-electron chi connectivity index (χ3n) is 3.58. The number of nitrogens with zero attached hydrogens (tertiary/aromatic N) is 4. The van der Waals surface area contributed by atoms with Crippen molar-refractivity contribution in [1.29, 1.82) is 0 Å². The second-order valence-corrected chi connectivity index (χ2v) is 5.28. The number of hydrogen-bond acceptors (Lipinski definition) is 2. The van der Waals surface area contributed by atoms with Crippen molar-refractivity contribution in [1.82, 2.24) is 19.1 Å². The van der Waals surface area contributed by atoms with E-state index in [0.717, 1.165) is 35.6 Å². The van der Waals surface area contributed by atoms with Crippen LogP contribution in [0, 0.1) is 6.92 Å². The van der Waals surface area contributed by atoms with E-state index in [2.05, 4.69) is 39.7 Å². The summed E-state index contributed by atoms with van der Waals surface area (Å²) in [7, 11) is 2.01. The van der Waals surface area contributed by atoms with Gasteiger partial charge in [0.2, 0.25) is 0 Å². The quantitative estimate of drug-likeness (QED) is 0.692. The Morgan fingerprint density at radius 3 is 2.80 bits per heavy atom. The van der Waals surface area contributed by atoms with Gasteiger partial charge in [-0.2, -0.15) is 0 Å². The van der Waals surface area contributed by atoms with E-state index in [1.54, 1.807) is 0 Å². The van der Waals surface area contributed by atoms with E-state index in [4.69, 9.17) is 11.6 Å². The molecule has 0 aliphatic heterocycles. The maximum absolute atomic E-state index is 6.03. The maximum atomic E-state index is 6.03. The Morgan fingerprint density at radius 2 is 2.10 bits per heavy atom. The predicted molar refractivity (Wildman–Crippen MR) is 80.9 cm³/mol. The lowest BCUT2D eigenvalue weighted by Crippen LogP contribution is -2.08. The van der Waals surface area contributed by atoms with Crippen LogP contribution in [0.3, 0.4) is 0 Å². The van der Waals surface area contributed by atoms with Crippen molar-refractivity contribution in [3.05, 3.63) is 47.8 Å². The Kier molecular flexibility index (Phi) is 3.49. The fourth-order valence-corrected chi connectivity index (χ4v) is 2.69. The van der Waals surface area contributed by atoms with Crippen molar-refractivity contribution in [2.45, 2.75) is 25.8 Å². The second-order valence-electron chi connectivity index (χ2n) is 5.01. The van der Waals surface area contributed by atoms with Gasteiger partial charge in [0.1, 0.15) is 11.6 Å². The third-order valence-corrected chi connectivity index (χ3v) is 3.82. The average Bonchev–Trinajstić information content (AvgIpc) is 2.99. The zero-order chi connectivity index (χ0) is 14.1. The summed E-state index contributed by atoms with van der Waals surface area (Å²) in [4.78, 5) is 8.98. The Hall–Kier alpha value is -1.81. The third kappa shape index (κ3) is 2.31. The minimum Gasteiger partial charge on any atom is -0.338 e. The standard InChI is InChI=1S/C15H17ClN4/c1-11-3-4-13-12(9-11)18-15(10-16)20(13)7-5-14-17-6-8-19(14)2/h3-4,6,8-9H,5,7,10H2,1-2H3. The molecular formula is C15H17ClN4. The molecule has 3 aromatic rings. The summed E-state index contributed by atoms with van der Waals surface area (Å²) in [5, 5.41) is 0. The largest absolute Gasteiger partial charge is 0.338 e. The van der Waals surface area contributed by atoms with E-state index in [1.165, 1.54) is 5.56 Å². The summed E-state index contributed by atoms with van der Waals surface area (Å²) < 4.78 is 4.24. The molecule has 0 radical (unpaired) electrons. The van der Waals surface area contributed by atoms with Crippen LogP contribution in [0.2, 0.25) is 0 Å². The number of imidazole rings is 2. The molecule has 0 N–H and O–H groups in total. The van der Waals surface area contributed by atoms with Gasteiger partial charge in [0, 0.05) is 32.4 Å². The SMILES string of the molecule is Cc1ccc2c(c1)nc(CCl)n2CCc1nccn1C. The molecular weight excluding hydrogens is 272 g/mol. The van der Waals surface area contributed by atoms with Crippen LogP contribution in [0.1, 0.15) is 17.2 Å². The summed E-state index contributed by atoms with van der Waals surface area (Å²) in [6, 6.07) is 6.33. The molecule has 0 saturated heterocycles. The molecule has 4 nitrogen and oxygen atoms in total. The first kappa shape index (κ1) is 13.2. The van der Waals surface area contributed by atoms with Crippen LogP contribution >= 0.6 is 11.6 Å². The smallest absolute Gasteiger partial charge is 0.124 e. The number of alkyl halides is 1. The van der Waals surface area contributed by atoms with E-state index in [0.29, 0.717) is 5.88 Å². The summed E-state index contributed by atoms with van der Waals surface area (Å²) in [6.07, 6.45) is 4.66. The van der Waals surface area contributed by atoms with Crippen molar-refractivity contribution >= 4 is 22.6 Å². The van der Waals surface area contributed by atoms with Gasteiger partial charge < -0.3 is 9.13 Å². The highest BCUT2D eigenvalue weighted by Crippen LogP contribution is 2.19. The maximum Gasteiger partial charge on any atom is 0.124 e. The van der Waals surface area contributed by atoms with Crippen molar-refractivity contribution in [2.75, 3.05) is 0 Å². The van der Waals surface area contributed by atoms with Crippen molar-refractivity contribution in [3.8, 4) is 0 Å². The summed E-state index contributed by atoms with van der Waals surface area (Å²) in [5.41, 5.74) is 3.37. The van der Waals surface area contributed by atoms with E-state index in [9.17, 15) is 0 Å². The zero-order valence-corrected chi connectivity index (χ0v) is 12.4. The zero-order valence-electron chi connectivity index (χ0n) is 11.7. The van der Waals surface area contributed by atoms with Crippen LogP contribution in [0.4, 0.5) is 0 Å². The van der Waals surface area contributed by atoms with Crippen LogP contribution in [-0.2, 0) is 25.9 Å². The van der Waals surface area contributed by atoms with Crippen molar-refractivity contribution in [2.24, 2.45) is 7.05 Å². The fraction of sp³-hybridized carbons (Fsp3) is 0.333. The molecule has 5 heteroatoms. The number of halogens is 1. The molecule has 0 spiro atoms. The molecule has 0 aliphatic carbocycles. The van der Waals surface area contributed by atoms with Gasteiger partial charge >= 0.3 is 0 Å². The molecule has 2 aromatic heterocycles. The average molecular weight is 289 g/mol. The van der Waals surface area contributed by atoms with Crippen LogP contribution < -0.4 is 0 Å². The normalized spacial score (nSPS) is 11.3. The molecule has 0 unspecified atom stereocenters. The molecule has 2 heterocycles. The molecule has 20 heavy (non-hydrogen) atoms. The Morgan fingerprint density at radius 1 is 1.25 bits per heavy atom. The highest BCUT2D eigenvalue weighted by Gasteiger charge is 2.10. The van der Waals surface area contributed by atoms with Crippen LogP contribution in [0.5, 0.6) is 0 Å². The van der Waals surface area contributed by atoms with Gasteiger partial charge in [-0.1, -0.05) is 6.07 Å². The number of benzene rings is 1. The summed E-state index contributed by atoms with van der Waals surface area (Å²) in [5.74, 6) is 2.41. The molecule has 0 fully saturated rings. The number of rotatable bonds is 4. The molecule has 0 aliphatic rings. The monoisotopic (exact) mass is 288 g/mol. The summed E-state index contributed by atoms with van der Waals surface area (Å²) in [6.45, 7) is 2.92. The Bertz CT molecular complexity index is 741. The number of fused-ring (bicyclic) bond motifs is 1. The molecule has 0 amide bonds. The first-order valence-electron chi connectivity index (χ1n) is 6.67. The van der Waals surface area contributed by atoms with Crippen LogP contribution in [0.15, 0.2) is 30.6 Å². The van der Waals surface area contributed by atoms with Gasteiger partial charge in [0.05, 0.1) is 16.9 Å². The second kappa shape index (κ2) is 5.29. The van der Waals surface area contributed by atoms with Gasteiger partial charge in [-0.05, 0) is 24.6 Å². The van der Waals surface area contributed by atoms with Gasteiger partial charge in [-0.15, -0.1) is 11.6 Å². The van der Waals surface area contributed by atoms with E-state index in [1.807, 2.05) is 24.0 Å². The first-order valence-corrected chi connectivity index (χ1v) is 7.20. The van der Waals surface area contributed by atoms with Crippen molar-refractivity contribution < 1.29 is 0 Å². The highest BCUT2D eigenvalue weighted by atomic mass is 35.5. The lowest BCUT2D eigenvalue weighted by molar-refractivity contribution is 0.646. The van der Waals surface area contributed by atoms with E-state index in [-0.39, 0.29) is 0 Å². The van der Waals surface area contributed by atoms with Crippen LogP contribution in [0.25, 0.3) is 11.0 Å². The minimum absolute atomic E-state index is 0.425. The topological polar surface area (TPSA) is 35.6 Å². The molecule has 3 rings (SSSR count). The molecule has 0 bridgehead atoms. The van der Waals surface area contributed by atoms with E-state index >= 15 is 0 Å². The number of aromatic nitrogens is 4. The van der Waals surface area contributed by atoms with Gasteiger partial charge in [-0.3, -0.25) is 0 Å². The van der Waals surface area contributed by atoms with Gasteiger partial charge in [0.15, 0.2) is 0 Å². The van der Waals surface area contributed by atoms with E-state index < -0.39 is 0 Å². The molecule has 104 valence electrons. The Balaban J connectivity index is 1.95. The van der Waals surface area contributed by atoms with Gasteiger partial charge in [-0.25, -0.2) is 9.97 Å². The number of aryl methyl sites for hydroxylation is 4. The van der Waals surface area contributed by atoms with Crippen LogP contribution in [-0.4, -0.2) is 19.1 Å². The highest BCUT2D eigenvalue weighted by molar-refractivity contribution is 6.16. The molecule has 0 atom stereocenters. The summed E-state index contributed by atoms with van der Waals surface area (Å²) >= 11 is 6.03. The lowest BCUT2D eigenvalue weighted by atomic mass is 10.2. The number of hydrogen-bond donors (Lipinski definition) is 0. The molecule has 0 saturated carbocycles. The Labute approximate surface area is 123 Å². The lowest BCUT2D eigenvalue weighted by Gasteiger charge is -2.08. The molecule has 1 aromatic carbocycles. The minimum atomic E-state index is 0.425. The predicted octanol–water partition coefficient (Wildman–Crippen LogP) is 3.06. The first-order chi connectivity index (χ1) is 9.69. The van der Waals surface area contributed by atoms with Gasteiger partial charge in [0.25, 0.3) is 0 Å². The van der Waals surface area contributed by atoms with Crippen molar-refractivity contribution in [3.63, 3.8) is 0 Å².